The summed E-state index contributed by atoms with van der Waals surface area (Å²) in [6.07, 6.45) is 0.829. The molecule has 4 nitrogen and oxygen atoms in total. The van der Waals surface area contributed by atoms with Crippen molar-refractivity contribution < 1.29 is 14.3 Å². The lowest BCUT2D eigenvalue weighted by atomic mass is 10.4. The van der Waals surface area contributed by atoms with Crippen LogP contribution in [-0.2, 0) is 14.3 Å². The normalized spacial score (nSPS) is 12.5. The Morgan fingerprint density at radius 1 is 1.43 bits per heavy atom. The highest BCUT2D eigenvalue weighted by Crippen LogP contribution is 1.95. The number of methoxy groups -OCH3 is 1. The van der Waals surface area contributed by atoms with E-state index in [0.29, 0.717) is 26.4 Å². The molecule has 1 amide bonds. The highest BCUT2D eigenvalue weighted by molar-refractivity contribution is 9.10. The van der Waals surface area contributed by atoms with Crippen molar-refractivity contribution in [2.45, 2.75) is 18.2 Å². The van der Waals surface area contributed by atoms with Crippen LogP contribution in [0.2, 0.25) is 0 Å². The Morgan fingerprint density at radius 3 is 2.71 bits per heavy atom. The topological polar surface area (TPSA) is 47.6 Å². The van der Waals surface area contributed by atoms with Gasteiger partial charge in [-0.2, -0.15) is 0 Å². The molecule has 0 bridgehead atoms. The molecule has 0 aliphatic heterocycles. The highest BCUT2D eigenvalue weighted by atomic mass is 79.9. The summed E-state index contributed by atoms with van der Waals surface area (Å²) in [5.74, 6) is 0.0156. The Balaban J connectivity index is 3.10. The third kappa shape index (κ3) is 8.47. The third-order valence-corrected chi connectivity index (χ3v) is 1.97. The molecule has 84 valence electrons. The molecule has 1 unspecified atom stereocenters. The van der Waals surface area contributed by atoms with Crippen molar-refractivity contribution in [1.29, 1.82) is 0 Å². The van der Waals surface area contributed by atoms with Crippen LogP contribution >= 0.6 is 15.9 Å². The van der Waals surface area contributed by atoms with Crippen molar-refractivity contribution in [2.24, 2.45) is 0 Å². The van der Waals surface area contributed by atoms with Gasteiger partial charge in [0.05, 0.1) is 18.0 Å². The first-order valence-electron chi connectivity index (χ1n) is 4.67. The number of hydrogen-bond donors (Lipinski definition) is 1. The lowest BCUT2D eigenvalue weighted by Crippen LogP contribution is -2.30. The van der Waals surface area contributed by atoms with E-state index >= 15 is 0 Å². The van der Waals surface area contributed by atoms with Crippen LogP contribution in [0.15, 0.2) is 0 Å². The van der Waals surface area contributed by atoms with E-state index in [1.54, 1.807) is 14.0 Å². The molecule has 0 fully saturated rings. The summed E-state index contributed by atoms with van der Waals surface area (Å²) in [6.45, 7) is 4.33. The first kappa shape index (κ1) is 13.9. The second-order valence-corrected chi connectivity index (χ2v) is 4.24. The SMILES string of the molecule is COCCOCCCNC(=O)C(C)Br. The average molecular weight is 268 g/mol. The van der Waals surface area contributed by atoms with Crippen molar-refractivity contribution in [3.05, 3.63) is 0 Å². The summed E-state index contributed by atoms with van der Waals surface area (Å²) < 4.78 is 10.0. The molecule has 1 atom stereocenters. The zero-order valence-corrected chi connectivity index (χ0v) is 10.3. The second kappa shape index (κ2) is 9.43. The summed E-state index contributed by atoms with van der Waals surface area (Å²) in [5, 5.41) is 2.78. The number of halogens is 1. The number of carbonyl (C=O) groups is 1. The van der Waals surface area contributed by atoms with Gasteiger partial charge in [-0.1, -0.05) is 15.9 Å². The predicted molar refractivity (Wildman–Crippen MR) is 58.7 cm³/mol. The molecular formula is C9H18BrNO3. The minimum atomic E-state index is -0.128. The summed E-state index contributed by atoms with van der Waals surface area (Å²) in [6, 6.07) is 0. The molecule has 0 aliphatic rings. The molecule has 14 heavy (non-hydrogen) atoms. The van der Waals surface area contributed by atoms with Crippen LogP contribution in [0.5, 0.6) is 0 Å². The van der Waals surface area contributed by atoms with Crippen molar-refractivity contribution in [2.75, 3.05) is 33.5 Å². The molecule has 0 heterocycles. The van der Waals surface area contributed by atoms with Crippen molar-refractivity contribution in [1.82, 2.24) is 5.32 Å². The van der Waals surface area contributed by atoms with E-state index in [1.807, 2.05) is 0 Å². The number of ether oxygens (including phenoxy) is 2. The molecule has 0 aromatic heterocycles. The van der Waals surface area contributed by atoms with Crippen molar-refractivity contribution >= 4 is 21.8 Å². The van der Waals surface area contributed by atoms with Gasteiger partial charge < -0.3 is 14.8 Å². The van der Waals surface area contributed by atoms with Gasteiger partial charge in [0.1, 0.15) is 0 Å². The fourth-order valence-corrected chi connectivity index (χ4v) is 0.933. The number of rotatable bonds is 8. The molecule has 0 saturated heterocycles. The maximum absolute atomic E-state index is 11.1. The largest absolute Gasteiger partial charge is 0.382 e. The summed E-state index contributed by atoms with van der Waals surface area (Å²) >= 11 is 3.18. The predicted octanol–water partition coefficient (Wildman–Crippen LogP) is 0.939. The summed E-state index contributed by atoms with van der Waals surface area (Å²) in [4.78, 5) is 10.9. The molecule has 0 aromatic rings. The van der Waals surface area contributed by atoms with Crippen LogP contribution in [0.1, 0.15) is 13.3 Å². The van der Waals surface area contributed by atoms with Gasteiger partial charge in [-0.15, -0.1) is 0 Å². The summed E-state index contributed by atoms with van der Waals surface area (Å²) in [5.41, 5.74) is 0. The first-order chi connectivity index (χ1) is 6.68. The number of hydrogen-bond acceptors (Lipinski definition) is 3. The van der Waals surface area contributed by atoms with E-state index in [-0.39, 0.29) is 10.7 Å². The van der Waals surface area contributed by atoms with Crippen LogP contribution in [0.25, 0.3) is 0 Å². The fraction of sp³-hybridized carbons (Fsp3) is 0.889. The molecule has 1 N–H and O–H groups in total. The molecule has 5 heteroatoms. The zero-order chi connectivity index (χ0) is 10.8. The van der Waals surface area contributed by atoms with Crippen LogP contribution in [0, 0.1) is 0 Å². The van der Waals surface area contributed by atoms with Gasteiger partial charge in [0.25, 0.3) is 0 Å². The average Bonchev–Trinajstić information content (AvgIpc) is 2.16. The lowest BCUT2D eigenvalue weighted by molar-refractivity contribution is -0.120. The zero-order valence-electron chi connectivity index (χ0n) is 8.72. The van der Waals surface area contributed by atoms with Crippen LogP contribution < -0.4 is 5.32 Å². The van der Waals surface area contributed by atoms with Crippen molar-refractivity contribution in [3.8, 4) is 0 Å². The number of amides is 1. The lowest BCUT2D eigenvalue weighted by Gasteiger charge is -2.06. The standard InChI is InChI=1S/C9H18BrNO3/c1-8(10)9(12)11-4-3-5-14-7-6-13-2/h8H,3-7H2,1-2H3,(H,11,12). The quantitative estimate of drug-likeness (QED) is 0.526. The van der Waals surface area contributed by atoms with Gasteiger partial charge >= 0.3 is 0 Å². The smallest absolute Gasteiger partial charge is 0.233 e. The molecule has 0 saturated carbocycles. The van der Waals surface area contributed by atoms with Gasteiger partial charge in [-0.3, -0.25) is 4.79 Å². The molecule has 0 radical (unpaired) electrons. The number of carbonyl (C=O) groups excluding carboxylic acids is 1. The second-order valence-electron chi connectivity index (χ2n) is 2.87. The molecule has 0 aliphatic carbocycles. The number of alkyl halides is 1. The molecule has 0 aromatic carbocycles. The monoisotopic (exact) mass is 267 g/mol. The Morgan fingerprint density at radius 2 is 2.14 bits per heavy atom. The maximum Gasteiger partial charge on any atom is 0.233 e. The minimum absolute atomic E-state index is 0.0156. The van der Waals surface area contributed by atoms with Crippen LogP contribution in [0.3, 0.4) is 0 Å². The minimum Gasteiger partial charge on any atom is -0.382 e. The van der Waals surface area contributed by atoms with Gasteiger partial charge in [0.15, 0.2) is 0 Å². The Kier molecular flexibility index (Phi) is 9.34. The van der Waals surface area contributed by atoms with E-state index in [9.17, 15) is 4.79 Å². The Labute approximate surface area is 93.5 Å². The van der Waals surface area contributed by atoms with Crippen LogP contribution in [-0.4, -0.2) is 44.2 Å². The summed E-state index contributed by atoms with van der Waals surface area (Å²) in [7, 11) is 1.64. The van der Waals surface area contributed by atoms with E-state index in [2.05, 4.69) is 21.2 Å². The van der Waals surface area contributed by atoms with Gasteiger partial charge in [0, 0.05) is 20.3 Å². The van der Waals surface area contributed by atoms with E-state index < -0.39 is 0 Å². The third-order valence-electron chi connectivity index (χ3n) is 1.56. The van der Waals surface area contributed by atoms with E-state index in [0.717, 1.165) is 6.42 Å². The highest BCUT2D eigenvalue weighted by Gasteiger charge is 2.06. The Hall–Kier alpha value is -0.130. The van der Waals surface area contributed by atoms with Crippen molar-refractivity contribution in [3.63, 3.8) is 0 Å². The maximum atomic E-state index is 11.1. The Bertz CT molecular complexity index is 153. The molecule has 0 rings (SSSR count). The molecular weight excluding hydrogens is 250 g/mol. The molecule has 0 spiro atoms. The van der Waals surface area contributed by atoms with E-state index in [1.165, 1.54) is 0 Å². The first-order valence-corrected chi connectivity index (χ1v) is 5.58. The fourth-order valence-electron chi connectivity index (χ4n) is 0.771. The van der Waals surface area contributed by atoms with Gasteiger partial charge in [-0.25, -0.2) is 0 Å². The van der Waals surface area contributed by atoms with Crippen LogP contribution in [0.4, 0.5) is 0 Å². The number of nitrogens with one attached hydrogen (secondary N) is 1. The van der Waals surface area contributed by atoms with Gasteiger partial charge in [0.2, 0.25) is 5.91 Å². The van der Waals surface area contributed by atoms with Gasteiger partial charge in [-0.05, 0) is 13.3 Å². The van der Waals surface area contributed by atoms with E-state index in [4.69, 9.17) is 9.47 Å².